The van der Waals surface area contributed by atoms with E-state index in [1.165, 1.54) is 0 Å². The van der Waals surface area contributed by atoms with Crippen molar-refractivity contribution in [1.82, 2.24) is 4.98 Å². The molecule has 4 nitrogen and oxygen atoms in total. The number of aromatic hydroxyl groups is 1. The summed E-state index contributed by atoms with van der Waals surface area (Å²) in [7, 11) is 0. The minimum atomic E-state index is -2.80. The molecule has 14 heavy (non-hydrogen) atoms. The highest BCUT2D eigenvalue weighted by Crippen LogP contribution is 2.27. The lowest BCUT2D eigenvalue weighted by Gasteiger charge is -2.07. The maximum atomic E-state index is 12.4. The Morgan fingerprint density at radius 3 is 2.79 bits per heavy atom. The zero-order valence-electron chi connectivity index (χ0n) is 7.04. The van der Waals surface area contributed by atoms with E-state index in [-0.39, 0.29) is 23.6 Å². The number of aromatic nitrogens is 1. The maximum Gasteiger partial charge on any atom is 0.280 e. The van der Waals surface area contributed by atoms with Crippen LogP contribution in [-0.4, -0.2) is 10.1 Å². The van der Waals surface area contributed by atoms with Crippen molar-refractivity contribution in [3.05, 3.63) is 17.3 Å². The van der Waals surface area contributed by atoms with E-state index in [1.54, 1.807) is 6.07 Å². The second-order valence-corrected chi connectivity index (χ2v) is 2.57. The third-order valence-electron chi connectivity index (χ3n) is 1.62. The molecule has 0 aliphatic carbocycles. The van der Waals surface area contributed by atoms with Crippen LogP contribution in [0.5, 0.6) is 5.75 Å². The molecule has 0 saturated heterocycles. The van der Waals surface area contributed by atoms with E-state index in [4.69, 9.17) is 16.1 Å². The summed E-state index contributed by atoms with van der Waals surface area (Å²) in [6.07, 6.45) is -3.04. The minimum Gasteiger partial charge on any atom is -0.504 e. The summed E-state index contributed by atoms with van der Waals surface area (Å²) in [6, 6.07) is 2.74. The fourth-order valence-electron chi connectivity index (χ4n) is 0.987. The molecular weight excluding hydrogens is 192 g/mol. The van der Waals surface area contributed by atoms with Crippen molar-refractivity contribution in [2.45, 2.75) is 12.8 Å². The Morgan fingerprint density at radius 1 is 1.64 bits per heavy atom. The van der Waals surface area contributed by atoms with Crippen molar-refractivity contribution in [1.29, 1.82) is 5.26 Å². The number of pyridine rings is 1. The lowest BCUT2D eigenvalue weighted by atomic mass is 10.1. The van der Waals surface area contributed by atoms with Crippen LogP contribution in [0, 0.1) is 11.3 Å². The van der Waals surface area contributed by atoms with Gasteiger partial charge in [0.2, 0.25) is 0 Å². The van der Waals surface area contributed by atoms with E-state index in [0.29, 0.717) is 0 Å². The molecule has 1 aromatic heterocycles. The number of nitriles is 1. The van der Waals surface area contributed by atoms with Crippen LogP contribution in [-0.2, 0) is 6.42 Å². The first kappa shape index (κ1) is 10.2. The highest BCUT2D eigenvalue weighted by molar-refractivity contribution is 5.48. The molecule has 6 heteroatoms. The highest BCUT2D eigenvalue weighted by atomic mass is 19.3. The number of hydrogen-bond acceptors (Lipinski definition) is 4. The van der Waals surface area contributed by atoms with Crippen molar-refractivity contribution in [2.24, 2.45) is 0 Å². The first-order valence-electron chi connectivity index (χ1n) is 3.69. The van der Waals surface area contributed by atoms with Gasteiger partial charge in [-0.3, -0.25) is 0 Å². The smallest absolute Gasteiger partial charge is 0.280 e. The third-order valence-corrected chi connectivity index (χ3v) is 1.62. The van der Waals surface area contributed by atoms with E-state index < -0.39 is 12.1 Å². The molecule has 0 radical (unpaired) electrons. The predicted molar refractivity (Wildman–Crippen MR) is 44.6 cm³/mol. The van der Waals surface area contributed by atoms with Crippen LogP contribution in [0.25, 0.3) is 0 Å². The molecule has 0 bridgehead atoms. The maximum absolute atomic E-state index is 12.4. The first-order chi connectivity index (χ1) is 6.56. The lowest BCUT2D eigenvalue weighted by molar-refractivity contribution is 0.145. The van der Waals surface area contributed by atoms with Gasteiger partial charge in [-0.2, -0.15) is 5.26 Å². The average molecular weight is 199 g/mol. The zero-order valence-corrected chi connectivity index (χ0v) is 7.04. The summed E-state index contributed by atoms with van der Waals surface area (Å²) < 4.78 is 24.7. The molecule has 0 aliphatic heterocycles. The van der Waals surface area contributed by atoms with Crippen LogP contribution in [0.4, 0.5) is 14.6 Å². The number of nitrogen functional groups attached to an aromatic ring is 1. The van der Waals surface area contributed by atoms with Gasteiger partial charge in [0.15, 0.2) is 11.6 Å². The monoisotopic (exact) mass is 199 g/mol. The predicted octanol–water partition coefficient (Wildman–Crippen LogP) is 1.37. The normalized spacial score (nSPS) is 10.1. The summed E-state index contributed by atoms with van der Waals surface area (Å²) in [5.41, 5.74) is 4.59. The van der Waals surface area contributed by atoms with Gasteiger partial charge in [-0.25, -0.2) is 13.8 Å². The molecule has 0 spiro atoms. The number of hydrogen-bond donors (Lipinski definition) is 2. The summed E-state index contributed by atoms with van der Waals surface area (Å²) in [6.45, 7) is 0. The molecule has 0 aliphatic rings. The Balaban J connectivity index is 3.25. The van der Waals surface area contributed by atoms with Crippen LogP contribution in [0.2, 0.25) is 0 Å². The fraction of sp³-hybridized carbons (Fsp3) is 0.250. The summed E-state index contributed by atoms with van der Waals surface area (Å²) in [4.78, 5) is 3.32. The van der Waals surface area contributed by atoms with E-state index >= 15 is 0 Å². The number of nitrogens with two attached hydrogens (primary N) is 1. The van der Waals surface area contributed by atoms with Gasteiger partial charge in [-0.05, 0) is 11.6 Å². The van der Waals surface area contributed by atoms with Crippen LogP contribution in [0.1, 0.15) is 17.7 Å². The van der Waals surface area contributed by atoms with Crippen molar-refractivity contribution >= 4 is 5.82 Å². The number of halogens is 2. The third kappa shape index (κ3) is 1.88. The Labute approximate surface area is 78.6 Å². The van der Waals surface area contributed by atoms with Gasteiger partial charge in [0.05, 0.1) is 12.5 Å². The van der Waals surface area contributed by atoms with E-state index in [9.17, 15) is 8.78 Å². The molecule has 1 rings (SSSR count). The molecule has 0 saturated carbocycles. The SMILES string of the molecule is N#CCc1cc(O)c(N)nc1C(F)F. The molecule has 0 fully saturated rings. The largest absolute Gasteiger partial charge is 0.504 e. The van der Waals surface area contributed by atoms with Gasteiger partial charge in [0.25, 0.3) is 6.43 Å². The molecule has 0 amide bonds. The van der Waals surface area contributed by atoms with Crippen molar-refractivity contribution in [3.63, 3.8) is 0 Å². The van der Waals surface area contributed by atoms with Gasteiger partial charge in [0.1, 0.15) is 5.69 Å². The number of alkyl halides is 2. The van der Waals surface area contributed by atoms with Crippen LogP contribution < -0.4 is 5.73 Å². The van der Waals surface area contributed by atoms with Gasteiger partial charge in [-0.1, -0.05) is 0 Å². The second-order valence-electron chi connectivity index (χ2n) is 2.57. The van der Waals surface area contributed by atoms with Crippen LogP contribution in [0.3, 0.4) is 0 Å². The van der Waals surface area contributed by atoms with Gasteiger partial charge in [-0.15, -0.1) is 0 Å². The minimum absolute atomic E-state index is 0.00537. The summed E-state index contributed by atoms with van der Waals surface area (Å²) >= 11 is 0. The average Bonchev–Trinajstić information content (AvgIpc) is 2.11. The zero-order chi connectivity index (χ0) is 10.7. The van der Waals surface area contributed by atoms with E-state index in [2.05, 4.69) is 4.98 Å². The molecule has 0 unspecified atom stereocenters. The van der Waals surface area contributed by atoms with E-state index in [0.717, 1.165) is 6.07 Å². The molecule has 0 aromatic carbocycles. The molecule has 3 N–H and O–H groups in total. The quantitative estimate of drug-likeness (QED) is 0.753. The molecule has 74 valence electrons. The first-order valence-corrected chi connectivity index (χ1v) is 3.69. The van der Waals surface area contributed by atoms with Gasteiger partial charge < -0.3 is 10.8 Å². The Hall–Kier alpha value is -1.90. The Kier molecular flexibility index (Phi) is 2.82. The molecule has 0 atom stereocenters. The second kappa shape index (κ2) is 3.87. The highest BCUT2D eigenvalue weighted by Gasteiger charge is 2.17. The Bertz CT molecular complexity index is 387. The van der Waals surface area contributed by atoms with Crippen molar-refractivity contribution in [2.75, 3.05) is 5.73 Å². The van der Waals surface area contributed by atoms with Gasteiger partial charge in [0, 0.05) is 0 Å². The topological polar surface area (TPSA) is 82.9 Å². The van der Waals surface area contributed by atoms with Crippen molar-refractivity contribution < 1.29 is 13.9 Å². The fourth-order valence-corrected chi connectivity index (χ4v) is 0.987. The standard InChI is InChI=1S/C8H7F2N3O/c9-7(10)6-4(1-2-11)3-5(14)8(12)13-6/h3,7,14H,1H2,(H2,12,13). The lowest BCUT2D eigenvalue weighted by Crippen LogP contribution is -2.02. The van der Waals surface area contributed by atoms with Crippen LogP contribution in [0.15, 0.2) is 6.07 Å². The number of nitrogens with zero attached hydrogens (tertiary/aromatic N) is 2. The summed E-state index contributed by atoms with van der Waals surface area (Å²) in [5, 5.41) is 17.4. The molecule has 1 heterocycles. The molecule has 1 aromatic rings. The number of anilines is 1. The Morgan fingerprint density at radius 2 is 2.29 bits per heavy atom. The summed E-state index contributed by atoms with van der Waals surface area (Å²) in [5.74, 6) is -0.748. The van der Waals surface area contributed by atoms with Crippen LogP contribution >= 0.6 is 0 Å². The molecular formula is C8H7F2N3O. The van der Waals surface area contributed by atoms with Crippen molar-refractivity contribution in [3.8, 4) is 11.8 Å². The van der Waals surface area contributed by atoms with E-state index in [1.807, 2.05) is 0 Å². The number of rotatable bonds is 2. The van der Waals surface area contributed by atoms with Gasteiger partial charge >= 0.3 is 0 Å².